The summed E-state index contributed by atoms with van der Waals surface area (Å²) in [6.07, 6.45) is 0. The number of aromatic carboxylic acids is 1. The molecule has 35 heavy (non-hydrogen) atoms. The number of nitrogens with one attached hydrogen (secondary N) is 2. The fraction of sp³-hybridized carbons (Fsp3) is 0.107. The van der Waals surface area contributed by atoms with Crippen LogP contribution in [0.15, 0.2) is 89.8 Å². The zero-order valence-electron chi connectivity index (χ0n) is 19.2. The Bertz CT molecular complexity index is 1430. The second kappa shape index (κ2) is 10.4. The fourth-order valence-corrected chi connectivity index (χ4v) is 4.49. The van der Waals surface area contributed by atoms with Crippen LogP contribution >= 0.6 is 11.8 Å². The molecular formula is C28H24N2O4S. The molecule has 0 radical (unpaired) electrons. The number of carbonyl (C=O) groups excluding carboxylic acids is 2. The van der Waals surface area contributed by atoms with Gasteiger partial charge in [-0.3, -0.25) is 9.59 Å². The molecule has 4 aromatic carbocycles. The summed E-state index contributed by atoms with van der Waals surface area (Å²) in [7, 11) is 0. The number of carboxylic acid groups (broad SMARTS) is 1. The minimum absolute atomic E-state index is 0.112. The number of fused-ring (bicyclic) bond motifs is 1. The van der Waals surface area contributed by atoms with Crippen molar-refractivity contribution in [3.63, 3.8) is 0 Å². The molecule has 0 heterocycles. The quantitative estimate of drug-likeness (QED) is 0.271. The minimum Gasteiger partial charge on any atom is -0.478 e. The number of carbonyl (C=O) groups is 3. The van der Waals surface area contributed by atoms with Crippen molar-refractivity contribution in [3.8, 4) is 0 Å². The van der Waals surface area contributed by atoms with Crippen molar-refractivity contribution < 1.29 is 19.5 Å². The summed E-state index contributed by atoms with van der Waals surface area (Å²) in [5.41, 5.74) is 2.55. The van der Waals surface area contributed by atoms with Gasteiger partial charge in [-0.2, -0.15) is 0 Å². The number of carboxylic acids is 1. The first-order chi connectivity index (χ1) is 16.8. The van der Waals surface area contributed by atoms with Crippen LogP contribution in [0.2, 0.25) is 0 Å². The third kappa shape index (κ3) is 5.88. The van der Waals surface area contributed by atoms with E-state index in [-0.39, 0.29) is 17.4 Å². The van der Waals surface area contributed by atoms with Crippen molar-refractivity contribution in [2.75, 3.05) is 10.6 Å². The third-order valence-corrected chi connectivity index (χ3v) is 6.62. The van der Waals surface area contributed by atoms with Gasteiger partial charge in [0.25, 0.3) is 5.91 Å². The second-order valence-corrected chi connectivity index (χ2v) is 9.54. The molecule has 7 heteroatoms. The summed E-state index contributed by atoms with van der Waals surface area (Å²) in [6.45, 7) is 3.58. The van der Waals surface area contributed by atoms with Crippen molar-refractivity contribution in [3.05, 3.63) is 102 Å². The molecule has 1 atom stereocenters. The molecule has 176 valence electrons. The highest BCUT2D eigenvalue weighted by molar-refractivity contribution is 8.00. The highest BCUT2D eigenvalue weighted by Gasteiger charge is 2.17. The van der Waals surface area contributed by atoms with E-state index < -0.39 is 11.2 Å². The largest absolute Gasteiger partial charge is 0.478 e. The van der Waals surface area contributed by atoms with Gasteiger partial charge < -0.3 is 15.7 Å². The zero-order chi connectivity index (χ0) is 24.9. The van der Waals surface area contributed by atoms with E-state index in [0.717, 1.165) is 21.2 Å². The normalized spacial score (nSPS) is 11.6. The van der Waals surface area contributed by atoms with Gasteiger partial charge in [-0.1, -0.05) is 42.5 Å². The van der Waals surface area contributed by atoms with Gasteiger partial charge in [0, 0.05) is 21.8 Å². The summed E-state index contributed by atoms with van der Waals surface area (Å²) >= 11 is 1.35. The molecule has 2 amide bonds. The van der Waals surface area contributed by atoms with Crippen molar-refractivity contribution in [1.82, 2.24) is 0 Å². The van der Waals surface area contributed by atoms with E-state index in [1.54, 1.807) is 32.0 Å². The number of rotatable bonds is 7. The lowest BCUT2D eigenvalue weighted by Crippen LogP contribution is -2.23. The first-order valence-corrected chi connectivity index (χ1v) is 11.9. The summed E-state index contributed by atoms with van der Waals surface area (Å²) in [6, 6.07) is 25.4. The highest BCUT2D eigenvalue weighted by atomic mass is 32.2. The Kier molecular flexibility index (Phi) is 7.17. The maximum absolute atomic E-state index is 12.8. The number of thioether (sulfide) groups is 1. The molecule has 0 bridgehead atoms. The molecule has 4 rings (SSSR count). The third-order valence-electron chi connectivity index (χ3n) is 5.53. The molecule has 0 saturated carbocycles. The van der Waals surface area contributed by atoms with Gasteiger partial charge in [-0.05, 0) is 72.6 Å². The van der Waals surface area contributed by atoms with Crippen LogP contribution in [0.1, 0.15) is 33.2 Å². The number of anilines is 2. The monoisotopic (exact) mass is 484 g/mol. The average Bonchev–Trinajstić information content (AvgIpc) is 2.85. The zero-order valence-corrected chi connectivity index (χ0v) is 20.1. The van der Waals surface area contributed by atoms with Gasteiger partial charge in [0.15, 0.2) is 0 Å². The van der Waals surface area contributed by atoms with Crippen LogP contribution in [0.5, 0.6) is 0 Å². The predicted molar refractivity (Wildman–Crippen MR) is 140 cm³/mol. The van der Waals surface area contributed by atoms with E-state index in [1.807, 2.05) is 54.6 Å². The van der Waals surface area contributed by atoms with Crippen molar-refractivity contribution in [1.29, 1.82) is 0 Å². The lowest BCUT2D eigenvalue weighted by atomic mass is 10.1. The van der Waals surface area contributed by atoms with Crippen LogP contribution in [-0.2, 0) is 4.79 Å². The van der Waals surface area contributed by atoms with Crippen LogP contribution in [0, 0.1) is 6.92 Å². The van der Waals surface area contributed by atoms with E-state index in [9.17, 15) is 19.5 Å². The second-order valence-electron chi connectivity index (χ2n) is 8.13. The lowest BCUT2D eigenvalue weighted by molar-refractivity contribution is -0.115. The summed E-state index contributed by atoms with van der Waals surface area (Å²) in [5, 5.41) is 16.5. The Balaban J connectivity index is 1.42. The van der Waals surface area contributed by atoms with Crippen LogP contribution in [-0.4, -0.2) is 28.1 Å². The summed E-state index contributed by atoms with van der Waals surface area (Å²) < 4.78 is 0. The minimum atomic E-state index is -1.05. The molecule has 6 nitrogen and oxygen atoms in total. The smallest absolute Gasteiger partial charge is 0.335 e. The molecule has 0 saturated heterocycles. The van der Waals surface area contributed by atoms with Gasteiger partial charge in [-0.25, -0.2) is 4.79 Å². The highest BCUT2D eigenvalue weighted by Crippen LogP contribution is 2.28. The maximum Gasteiger partial charge on any atom is 0.335 e. The molecule has 1 unspecified atom stereocenters. The van der Waals surface area contributed by atoms with E-state index in [4.69, 9.17) is 0 Å². The first-order valence-electron chi connectivity index (χ1n) is 11.0. The topological polar surface area (TPSA) is 95.5 Å². The molecule has 0 aliphatic carbocycles. The molecule has 3 N–H and O–H groups in total. The Hall–Kier alpha value is -4.10. The Morgan fingerprint density at radius 3 is 2.31 bits per heavy atom. The van der Waals surface area contributed by atoms with Crippen molar-refractivity contribution in [2.45, 2.75) is 24.0 Å². The maximum atomic E-state index is 12.8. The standard InChI is InChI=1S/C28H24N2O4S/c1-17-10-11-22(28(33)34)15-25(17)30-26(31)18(2)35-24-9-5-8-23(16-24)29-27(32)21-13-12-19-6-3-4-7-20(19)14-21/h3-16,18H,1-2H3,(H,29,32)(H,30,31)(H,33,34). The Morgan fingerprint density at radius 2 is 1.54 bits per heavy atom. The van der Waals surface area contributed by atoms with Gasteiger partial charge in [0.05, 0.1) is 10.8 Å². The molecule has 0 fully saturated rings. The SMILES string of the molecule is Cc1ccc(C(=O)O)cc1NC(=O)C(C)Sc1cccc(NC(=O)c2ccc3ccccc3c2)c1. The lowest BCUT2D eigenvalue weighted by Gasteiger charge is -2.15. The van der Waals surface area contributed by atoms with Crippen molar-refractivity contribution in [2.24, 2.45) is 0 Å². The molecular weight excluding hydrogens is 460 g/mol. The summed E-state index contributed by atoms with van der Waals surface area (Å²) in [5.74, 6) is -1.51. The predicted octanol–water partition coefficient (Wildman–Crippen LogP) is 6.22. The van der Waals surface area contributed by atoms with E-state index in [1.165, 1.54) is 23.9 Å². The van der Waals surface area contributed by atoms with Gasteiger partial charge >= 0.3 is 5.97 Å². The number of benzene rings is 4. The van der Waals surface area contributed by atoms with Gasteiger partial charge in [0.2, 0.25) is 5.91 Å². The van der Waals surface area contributed by atoms with Gasteiger partial charge in [0.1, 0.15) is 0 Å². The molecule has 0 aliphatic heterocycles. The first kappa shape index (κ1) is 24.0. The Labute approximate surface area is 207 Å². The van der Waals surface area contributed by atoms with Crippen LogP contribution in [0.4, 0.5) is 11.4 Å². The number of hydrogen-bond donors (Lipinski definition) is 3. The van der Waals surface area contributed by atoms with E-state index >= 15 is 0 Å². The summed E-state index contributed by atoms with van der Waals surface area (Å²) in [4.78, 5) is 37.6. The molecule has 4 aromatic rings. The van der Waals surface area contributed by atoms with Gasteiger partial charge in [-0.15, -0.1) is 11.8 Å². The molecule has 0 aliphatic rings. The molecule has 0 aromatic heterocycles. The van der Waals surface area contributed by atoms with Crippen LogP contribution in [0.3, 0.4) is 0 Å². The van der Waals surface area contributed by atoms with E-state index in [0.29, 0.717) is 16.9 Å². The van der Waals surface area contributed by atoms with Crippen LogP contribution < -0.4 is 10.6 Å². The number of aryl methyl sites for hydroxylation is 1. The van der Waals surface area contributed by atoms with E-state index in [2.05, 4.69) is 10.6 Å². The van der Waals surface area contributed by atoms with Crippen LogP contribution in [0.25, 0.3) is 10.8 Å². The molecule has 0 spiro atoms. The van der Waals surface area contributed by atoms with Crippen molar-refractivity contribution >= 4 is 51.7 Å². The number of amides is 2. The Morgan fingerprint density at radius 1 is 0.800 bits per heavy atom. The number of hydrogen-bond acceptors (Lipinski definition) is 4. The average molecular weight is 485 g/mol. The fourth-order valence-electron chi connectivity index (χ4n) is 3.56.